The number of aromatic nitrogens is 2. The van der Waals surface area contributed by atoms with E-state index in [9.17, 15) is 4.79 Å². The van der Waals surface area contributed by atoms with Gasteiger partial charge in [0.25, 0.3) is 0 Å². The number of hydrogen-bond donors (Lipinski definition) is 1. The molecular weight excluding hydrogens is 202 g/mol. The molecule has 0 radical (unpaired) electrons. The molecule has 1 saturated heterocycles. The van der Waals surface area contributed by atoms with Crippen LogP contribution in [0.25, 0.3) is 0 Å². The summed E-state index contributed by atoms with van der Waals surface area (Å²) in [5, 5.41) is 7.65. The van der Waals surface area contributed by atoms with Gasteiger partial charge in [-0.05, 0) is 19.4 Å². The lowest BCUT2D eigenvalue weighted by molar-refractivity contribution is 0.0939. The molecule has 1 aliphatic heterocycles. The Morgan fingerprint density at radius 1 is 1.62 bits per heavy atom. The second-order valence-corrected chi connectivity index (χ2v) is 4.73. The van der Waals surface area contributed by atoms with Crippen molar-refractivity contribution in [2.24, 2.45) is 5.92 Å². The Balaban J connectivity index is 2.09. The molecule has 0 aliphatic carbocycles. The van der Waals surface area contributed by atoms with Crippen LogP contribution >= 0.6 is 0 Å². The molecule has 1 unspecified atom stereocenters. The number of rotatable bonds is 3. The van der Waals surface area contributed by atoms with E-state index < -0.39 is 0 Å². The molecule has 0 aromatic carbocycles. The number of hydrogen-bond acceptors (Lipinski definition) is 3. The van der Waals surface area contributed by atoms with E-state index in [1.165, 1.54) is 6.42 Å². The van der Waals surface area contributed by atoms with Crippen LogP contribution < -0.4 is 5.32 Å². The van der Waals surface area contributed by atoms with E-state index in [1.54, 1.807) is 6.20 Å². The Kier molecular flexibility index (Phi) is 3.39. The van der Waals surface area contributed by atoms with Gasteiger partial charge in [-0.1, -0.05) is 13.8 Å². The SMILES string of the molecule is CC(C)C(=O)c1cnn(C2CCCNC2)c1. The number of Topliss-reactive ketones (excluding diaryl/α,β-unsaturated/α-hetero) is 1. The monoisotopic (exact) mass is 221 g/mol. The van der Waals surface area contributed by atoms with Crippen molar-refractivity contribution in [2.75, 3.05) is 13.1 Å². The van der Waals surface area contributed by atoms with Crippen LogP contribution in [0.4, 0.5) is 0 Å². The minimum absolute atomic E-state index is 0.0436. The summed E-state index contributed by atoms with van der Waals surface area (Å²) in [5.74, 6) is 0.220. The summed E-state index contributed by atoms with van der Waals surface area (Å²) in [6.07, 6.45) is 5.90. The van der Waals surface area contributed by atoms with Gasteiger partial charge in [0.05, 0.1) is 17.8 Å². The van der Waals surface area contributed by atoms with Gasteiger partial charge in [0.1, 0.15) is 0 Å². The van der Waals surface area contributed by atoms with Crippen LogP contribution in [0.5, 0.6) is 0 Å². The molecule has 4 heteroatoms. The van der Waals surface area contributed by atoms with Crippen LogP contribution in [0, 0.1) is 5.92 Å². The zero-order valence-corrected chi connectivity index (χ0v) is 9.94. The summed E-state index contributed by atoms with van der Waals surface area (Å²) < 4.78 is 1.93. The lowest BCUT2D eigenvalue weighted by atomic mass is 10.0. The van der Waals surface area contributed by atoms with Crippen molar-refractivity contribution in [1.82, 2.24) is 15.1 Å². The molecule has 1 N–H and O–H groups in total. The average Bonchev–Trinajstić information content (AvgIpc) is 2.78. The van der Waals surface area contributed by atoms with Gasteiger partial charge < -0.3 is 5.32 Å². The fourth-order valence-corrected chi connectivity index (χ4v) is 2.06. The van der Waals surface area contributed by atoms with Crippen LogP contribution in [-0.4, -0.2) is 28.7 Å². The van der Waals surface area contributed by atoms with Gasteiger partial charge in [-0.15, -0.1) is 0 Å². The molecule has 1 atom stereocenters. The fourth-order valence-electron chi connectivity index (χ4n) is 2.06. The molecule has 88 valence electrons. The predicted molar refractivity (Wildman–Crippen MR) is 62.5 cm³/mol. The van der Waals surface area contributed by atoms with Crippen LogP contribution in [0.1, 0.15) is 43.1 Å². The first-order chi connectivity index (χ1) is 7.68. The highest BCUT2D eigenvalue weighted by Gasteiger charge is 2.18. The van der Waals surface area contributed by atoms with Crippen molar-refractivity contribution in [2.45, 2.75) is 32.7 Å². The highest BCUT2D eigenvalue weighted by molar-refractivity contribution is 5.96. The lowest BCUT2D eigenvalue weighted by Crippen LogP contribution is -2.31. The second-order valence-electron chi connectivity index (χ2n) is 4.73. The lowest BCUT2D eigenvalue weighted by Gasteiger charge is -2.22. The van der Waals surface area contributed by atoms with E-state index in [-0.39, 0.29) is 11.7 Å². The maximum atomic E-state index is 11.8. The first kappa shape index (κ1) is 11.3. The van der Waals surface area contributed by atoms with Gasteiger partial charge in [-0.25, -0.2) is 0 Å². The highest BCUT2D eigenvalue weighted by atomic mass is 16.1. The number of carbonyl (C=O) groups excluding carboxylic acids is 1. The molecule has 0 spiro atoms. The van der Waals surface area contributed by atoms with Crippen LogP contribution in [0.3, 0.4) is 0 Å². The molecule has 0 bridgehead atoms. The fraction of sp³-hybridized carbons (Fsp3) is 0.667. The maximum absolute atomic E-state index is 11.8. The summed E-state index contributed by atoms with van der Waals surface area (Å²) in [7, 11) is 0. The molecule has 0 amide bonds. The summed E-state index contributed by atoms with van der Waals surface area (Å²) in [6, 6.07) is 0.405. The first-order valence-corrected chi connectivity index (χ1v) is 5.97. The quantitative estimate of drug-likeness (QED) is 0.789. The van der Waals surface area contributed by atoms with Crippen LogP contribution in [-0.2, 0) is 0 Å². The molecule has 2 rings (SSSR count). The summed E-state index contributed by atoms with van der Waals surface area (Å²) >= 11 is 0. The molecule has 1 aliphatic rings. The van der Waals surface area contributed by atoms with Gasteiger partial charge in [0, 0.05) is 18.7 Å². The standard InChI is InChI=1S/C12H19N3O/c1-9(2)12(16)10-6-14-15(8-10)11-4-3-5-13-7-11/h6,8-9,11,13H,3-5,7H2,1-2H3. The van der Waals surface area contributed by atoms with Crippen molar-refractivity contribution in [1.29, 1.82) is 0 Å². The normalized spacial score (nSPS) is 21.3. The molecule has 1 fully saturated rings. The number of carbonyl (C=O) groups is 1. The van der Waals surface area contributed by atoms with Crippen molar-refractivity contribution in [3.8, 4) is 0 Å². The van der Waals surface area contributed by atoms with Crippen molar-refractivity contribution < 1.29 is 4.79 Å². The maximum Gasteiger partial charge on any atom is 0.168 e. The molecule has 2 heterocycles. The van der Waals surface area contributed by atoms with Crippen molar-refractivity contribution >= 4 is 5.78 Å². The number of piperidine rings is 1. The number of nitrogens with one attached hydrogen (secondary N) is 1. The Morgan fingerprint density at radius 2 is 2.44 bits per heavy atom. The summed E-state index contributed by atoms with van der Waals surface area (Å²) in [6.45, 7) is 5.89. The molecule has 1 aromatic heterocycles. The smallest absolute Gasteiger partial charge is 0.168 e. The molecule has 4 nitrogen and oxygen atoms in total. The third-order valence-electron chi connectivity index (χ3n) is 3.06. The van der Waals surface area contributed by atoms with Crippen LogP contribution in [0.2, 0.25) is 0 Å². The van der Waals surface area contributed by atoms with E-state index in [2.05, 4.69) is 10.4 Å². The minimum atomic E-state index is 0.0436. The summed E-state index contributed by atoms with van der Waals surface area (Å²) in [5.41, 5.74) is 0.737. The number of nitrogens with zero attached hydrogens (tertiary/aromatic N) is 2. The predicted octanol–water partition coefficient (Wildman–Crippen LogP) is 1.65. The van der Waals surface area contributed by atoms with E-state index in [0.29, 0.717) is 6.04 Å². The zero-order chi connectivity index (χ0) is 11.5. The Labute approximate surface area is 96.0 Å². The van der Waals surface area contributed by atoms with Gasteiger partial charge in [0.15, 0.2) is 5.78 Å². The van der Waals surface area contributed by atoms with E-state index in [1.807, 2.05) is 24.7 Å². The average molecular weight is 221 g/mol. The van der Waals surface area contributed by atoms with Gasteiger partial charge >= 0.3 is 0 Å². The Bertz CT molecular complexity index is 364. The minimum Gasteiger partial charge on any atom is -0.315 e. The highest BCUT2D eigenvalue weighted by Crippen LogP contribution is 2.17. The van der Waals surface area contributed by atoms with Gasteiger partial charge in [-0.3, -0.25) is 9.48 Å². The van der Waals surface area contributed by atoms with E-state index >= 15 is 0 Å². The molecule has 16 heavy (non-hydrogen) atoms. The Morgan fingerprint density at radius 3 is 3.06 bits per heavy atom. The molecule has 0 saturated carbocycles. The first-order valence-electron chi connectivity index (χ1n) is 5.97. The Hall–Kier alpha value is -1.16. The number of ketones is 1. The largest absolute Gasteiger partial charge is 0.315 e. The van der Waals surface area contributed by atoms with Crippen molar-refractivity contribution in [3.05, 3.63) is 18.0 Å². The molecule has 1 aromatic rings. The van der Waals surface area contributed by atoms with Gasteiger partial charge in [0.2, 0.25) is 0 Å². The van der Waals surface area contributed by atoms with Crippen molar-refractivity contribution in [3.63, 3.8) is 0 Å². The third kappa shape index (κ3) is 2.32. The zero-order valence-electron chi connectivity index (χ0n) is 9.94. The van der Waals surface area contributed by atoms with E-state index in [4.69, 9.17) is 0 Å². The van der Waals surface area contributed by atoms with Crippen LogP contribution in [0.15, 0.2) is 12.4 Å². The summed E-state index contributed by atoms with van der Waals surface area (Å²) in [4.78, 5) is 11.8. The second kappa shape index (κ2) is 4.78. The van der Waals surface area contributed by atoms with E-state index in [0.717, 1.165) is 25.1 Å². The molecular formula is C12H19N3O. The topological polar surface area (TPSA) is 46.9 Å². The van der Waals surface area contributed by atoms with Gasteiger partial charge in [-0.2, -0.15) is 5.10 Å². The third-order valence-corrected chi connectivity index (χ3v) is 3.06.